The van der Waals surface area contributed by atoms with Crippen LogP contribution in [0.15, 0.2) is 77.7 Å². The van der Waals surface area contributed by atoms with Gasteiger partial charge < -0.3 is 10.1 Å². The number of carbonyl (C=O) groups is 1. The van der Waals surface area contributed by atoms with E-state index in [1.54, 1.807) is 25.1 Å². The number of amides is 1. The van der Waals surface area contributed by atoms with Crippen LogP contribution in [0.2, 0.25) is 0 Å². The number of nitrogens with zero attached hydrogens (tertiary/aromatic N) is 1. The molecule has 0 aromatic heterocycles. The molecule has 3 aromatic rings. The minimum Gasteiger partial charge on any atom is -0.496 e. The number of anilines is 1. The lowest BCUT2D eigenvalue weighted by atomic mass is 10.2. The summed E-state index contributed by atoms with van der Waals surface area (Å²) in [4.78, 5) is 12.8. The molecule has 7 heteroatoms. The molecule has 0 radical (unpaired) electrons. The highest BCUT2D eigenvalue weighted by molar-refractivity contribution is 7.89. The van der Waals surface area contributed by atoms with E-state index in [0.29, 0.717) is 17.0 Å². The van der Waals surface area contributed by atoms with Gasteiger partial charge in [0, 0.05) is 12.2 Å². The van der Waals surface area contributed by atoms with Crippen molar-refractivity contribution in [3.05, 3.63) is 89.5 Å². The van der Waals surface area contributed by atoms with E-state index < -0.39 is 15.9 Å². The van der Waals surface area contributed by atoms with Gasteiger partial charge in [-0.15, -0.1) is 0 Å². The van der Waals surface area contributed by atoms with Gasteiger partial charge in [0.15, 0.2) is 0 Å². The first-order chi connectivity index (χ1) is 14.8. The van der Waals surface area contributed by atoms with E-state index in [1.807, 2.05) is 55.5 Å². The van der Waals surface area contributed by atoms with Crippen molar-refractivity contribution in [3.63, 3.8) is 0 Å². The predicted molar refractivity (Wildman–Crippen MR) is 122 cm³/mol. The molecule has 0 saturated carbocycles. The Labute approximate surface area is 183 Å². The topological polar surface area (TPSA) is 75.7 Å². The van der Waals surface area contributed by atoms with Gasteiger partial charge in [-0.05, 0) is 60.9 Å². The molecule has 1 amide bonds. The molecule has 0 aliphatic carbocycles. The van der Waals surface area contributed by atoms with Crippen molar-refractivity contribution in [2.45, 2.75) is 25.3 Å². The molecule has 0 heterocycles. The van der Waals surface area contributed by atoms with Crippen molar-refractivity contribution in [3.8, 4) is 5.75 Å². The molecule has 0 saturated heterocycles. The number of methoxy groups -OCH3 is 1. The third kappa shape index (κ3) is 5.71. The fourth-order valence-corrected chi connectivity index (χ4v) is 4.73. The van der Waals surface area contributed by atoms with Crippen LogP contribution in [-0.4, -0.2) is 32.3 Å². The molecule has 0 bridgehead atoms. The predicted octanol–water partition coefficient (Wildman–Crippen LogP) is 4.14. The van der Waals surface area contributed by atoms with E-state index >= 15 is 0 Å². The van der Waals surface area contributed by atoms with Gasteiger partial charge in [-0.2, -0.15) is 4.31 Å². The molecule has 0 fully saturated rings. The molecule has 0 spiro atoms. The highest BCUT2D eigenvalue weighted by Crippen LogP contribution is 2.25. The van der Waals surface area contributed by atoms with Gasteiger partial charge in [-0.3, -0.25) is 4.79 Å². The number of hydrogen-bond acceptors (Lipinski definition) is 4. The zero-order valence-electron chi connectivity index (χ0n) is 17.8. The van der Waals surface area contributed by atoms with E-state index in [0.717, 1.165) is 11.1 Å². The summed E-state index contributed by atoms with van der Waals surface area (Å²) in [5.41, 5.74) is 3.12. The summed E-state index contributed by atoms with van der Waals surface area (Å²) in [5.74, 6) is 0.195. The van der Waals surface area contributed by atoms with Gasteiger partial charge in [-0.25, -0.2) is 8.42 Å². The molecular weight excluding hydrogens is 412 g/mol. The zero-order chi connectivity index (χ0) is 22.4. The molecule has 31 heavy (non-hydrogen) atoms. The van der Waals surface area contributed by atoms with Crippen molar-refractivity contribution < 1.29 is 17.9 Å². The molecule has 3 rings (SSSR count). The fourth-order valence-electron chi connectivity index (χ4n) is 3.26. The van der Waals surface area contributed by atoms with Crippen molar-refractivity contribution in [1.82, 2.24) is 4.31 Å². The van der Waals surface area contributed by atoms with E-state index in [9.17, 15) is 13.2 Å². The lowest BCUT2D eigenvalue weighted by molar-refractivity contribution is -0.116. The maximum absolute atomic E-state index is 13.4. The van der Waals surface area contributed by atoms with Crippen LogP contribution < -0.4 is 10.1 Å². The largest absolute Gasteiger partial charge is 0.496 e. The zero-order valence-corrected chi connectivity index (χ0v) is 18.6. The second-order valence-electron chi connectivity index (χ2n) is 7.31. The van der Waals surface area contributed by atoms with Crippen LogP contribution in [0, 0.1) is 13.8 Å². The Morgan fingerprint density at radius 3 is 2.35 bits per heavy atom. The van der Waals surface area contributed by atoms with Crippen LogP contribution in [0.5, 0.6) is 5.75 Å². The first kappa shape index (κ1) is 22.5. The van der Waals surface area contributed by atoms with Crippen LogP contribution in [0.25, 0.3) is 0 Å². The molecule has 6 nitrogen and oxygen atoms in total. The van der Waals surface area contributed by atoms with Gasteiger partial charge in [0.05, 0.1) is 18.6 Å². The second kappa shape index (κ2) is 9.76. The quantitative estimate of drug-likeness (QED) is 0.574. The molecule has 0 unspecified atom stereocenters. The number of aryl methyl sites for hydroxylation is 2. The van der Waals surface area contributed by atoms with E-state index in [2.05, 4.69) is 5.32 Å². The molecular formula is C24H26N2O4S. The minimum atomic E-state index is -3.93. The third-order valence-electron chi connectivity index (χ3n) is 4.83. The van der Waals surface area contributed by atoms with Crippen LogP contribution in [0.4, 0.5) is 5.69 Å². The van der Waals surface area contributed by atoms with Gasteiger partial charge in [0.2, 0.25) is 15.9 Å². The number of benzene rings is 3. The van der Waals surface area contributed by atoms with E-state index in [4.69, 9.17) is 4.74 Å². The van der Waals surface area contributed by atoms with E-state index in [1.165, 1.54) is 17.5 Å². The van der Waals surface area contributed by atoms with Crippen molar-refractivity contribution in [2.24, 2.45) is 0 Å². The molecule has 1 N–H and O–H groups in total. The maximum atomic E-state index is 13.4. The molecule has 0 aliphatic heterocycles. The molecule has 3 aromatic carbocycles. The summed E-state index contributed by atoms with van der Waals surface area (Å²) in [7, 11) is -2.39. The number of sulfonamides is 1. The van der Waals surface area contributed by atoms with Crippen LogP contribution in [0.3, 0.4) is 0 Å². The Morgan fingerprint density at radius 1 is 0.968 bits per heavy atom. The first-order valence-corrected chi connectivity index (χ1v) is 11.3. The summed E-state index contributed by atoms with van der Waals surface area (Å²) in [6, 6.07) is 21.2. The summed E-state index contributed by atoms with van der Waals surface area (Å²) >= 11 is 0. The van der Waals surface area contributed by atoms with Gasteiger partial charge in [0.1, 0.15) is 5.75 Å². The standard InChI is InChI=1S/C24H26N2O4S/c1-18-8-7-11-21(14-18)25-24(27)17-26(16-20-9-5-4-6-10-20)31(28,29)22-12-13-23(30-3)19(2)15-22/h4-15H,16-17H2,1-3H3,(H,25,27). The van der Waals surface area contributed by atoms with Gasteiger partial charge in [0.25, 0.3) is 0 Å². The van der Waals surface area contributed by atoms with Crippen LogP contribution >= 0.6 is 0 Å². The Hall–Kier alpha value is -3.16. The Balaban J connectivity index is 1.89. The smallest absolute Gasteiger partial charge is 0.243 e. The van der Waals surface area contributed by atoms with Gasteiger partial charge >= 0.3 is 0 Å². The monoisotopic (exact) mass is 438 g/mol. The minimum absolute atomic E-state index is 0.0789. The average Bonchev–Trinajstić information content (AvgIpc) is 2.74. The maximum Gasteiger partial charge on any atom is 0.243 e. The highest BCUT2D eigenvalue weighted by atomic mass is 32.2. The highest BCUT2D eigenvalue weighted by Gasteiger charge is 2.27. The Kier molecular flexibility index (Phi) is 7.09. The van der Waals surface area contributed by atoms with Crippen LogP contribution in [-0.2, 0) is 21.4 Å². The Bertz CT molecular complexity index is 1160. The fraction of sp³-hybridized carbons (Fsp3) is 0.208. The number of hydrogen-bond donors (Lipinski definition) is 1. The SMILES string of the molecule is COc1ccc(S(=O)(=O)N(CC(=O)Nc2cccc(C)c2)Cc2ccccc2)cc1C. The molecule has 0 atom stereocenters. The first-order valence-electron chi connectivity index (χ1n) is 9.85. The number of nitrogens with one attached hydrogen (secondary N) is 1. The van der Waals surface area contributed by atoms with Crippen LogP contribution in [0.1, 0.15) is 16.7 Å². The Morgan fingerprint density at radius 2 is 1.71 bits per heavy atom. The lowest BCUT2D eigenvalue weighted by Crippen LogP contribution is -2.37. The molecule has 162 valence electrons. The van der Waals surface area contributed by atoms with Crippen molar-refractivity contribution in [2.75, 3.05) is 19.0 Å². The number of rotatable bonds is 8. The van der Waals surface area contributed by atoms with Crippen molar-refractivity contribution >= 4 is 21.6 Å². The summed E-state index contributed by atoms with van der Waals surface area (Å²) in [6.45, 7) is 3.48. The summed E-state index contributed by atoms with van der Waals surface area (Å²) < 4.78 is 33.3. The molecule has 0 aliphatic rings. The van der Waals surface area contributed by atoms with Crippen molar-refractivity contribution in [1.29, 1.82) is 0 Å². The second-order valence-corrected chi connectivity index (χ2v) is 9.25. The van der Waals surface area contributed by atoms with Gasteiger partial charge in [-0.1, -0.05) is 42.5 Å². The van der Waals surface area contributed by atoms with E-state index in [-0.39, 0.29) is 18.0 Å². The lowest BCUT2D eigenvalue weighted by Gasteiger charge is -2.22. The average molecular weight is 439 g/mol. The number of carbonyl (C=O) groups excluding carboxylic acids is 1. The normalized spacial score (nSPS) is 11.4. The summed E-state index contributed by atoms with van der Waals surface area (Å²) in [5, 5.41) is 2.79. The number of ether oxygens (including phenoxy) is 1. The summed E-state index contributed by atoms with van der Waals surface area (Å²) in [6.07, 6.45) is 0. The third-order valence-corrected chi connectivity index (χ3v) is 6.62.